The van der Waals surface area contributed by atoms with Gasteiger partial charge in [0.25, 0.3) is 0 Å². The number of carbonyl (C=O) groups excluding carboxylic acids is 3. The monoisotopic (exact) mass is 1130 g/mol. The Hall–Kier alpha value is -3.67. The molecule has 0 aromatic heterocycles. The van der Waals surface area contributed by atoms with E-state index in [1.54, 1.807) is 0 Å². The predicted molar refractivity (Wildman–Crippen MR) is 353 cm³/mol. The standard InChI is InChI=1S/C75H130O6/c1-4-7-10-13-16-19-22-25-28-31-32-33-34-35-36-37-38-39-40-41-42-45-47-50-53-56-59-62-65-68-74(77)80-71-72(81-75(78)69-66-63-60-57-54-51-48-44-30-27-24-21-18-15-12-9-6-3)70-79-73(76)67-64-61-58-55-52-49-46-43-29-26-23-20-17-14-11-8-5-2/h8-9,11-12,17-18,20-22,25-27,29-32,72H,4-7,10,13-16,19,23-24,28,33-71H2,1-3H3/b11-8-,12-9-,20-17-,21-18-,25-22-,29-26-,30-27-,32-31-. The Morgan fingerprint density at radius 2 is 0.481 bits per heavy atom. The van der Waals surface area contributed by atoms with Gasteiger partial charge in [0.2, 0.25) is 0 Å². The highest BCUT2D eigenvalue weighted by Gasteiger charge is 2.19. The molecule has 0 saturated heterocycles. The van der Waals surface area contributed by atoms with E-state index >= 15 is 0 Å². The van der Waals surface area contributed by atoms with E-state index < -0.39 is 6.10 Å². The van der Waals surface area contributed by atoms with Gasteiger partial charge in [0.1, 0.15) is 13.2 Å². The maximum Gasteiger partial charge on any atom is 0.306 e. The maximum absolute atomic E-state index is 12.9. The summed E-state index contributed by atoms with van der Waals surface area (Å²) in [6, 6.07) is 0. The summed E-state index contributed by atoms with van der Waals surface area (Å²) in [6.07, 6.45) is 92.9. The van der Waals surface area contributed by atoms with Crippen LogP contribution in [0.25, 0.3) is 0 Å². The summed E-state index contributed by atoms with van der Waals surface area (Å²) in [4.78, 5) is 38.4. The third-order valence-corrected chi connectivity index (χ3v) is 15.1. The van der Waals surface area contributed by atoms with Crippen molar-refractivity contribution in [3.05, 3.63) is 97.2 Å². The van der Waals surface area contributed by atoms with E-state index in [2.05, 4.69) is 118 Å². The van der Waals surface area contributed by atoms with E-state index in [0.29, 0.717) is 19.3 Å². The molecular formula is C75H130O6. The first-order valence-electron chi connectivity index (χ1n) is 34.7. The largest absolute Gasteiger partial charge is 0.462 e. The van der Waals surface area contributed by atoms with Gasteiger partial charge >= 0.3 is 17.9 Å². The van der Waals surface area contributed by atoms with Gasteiger partial charge in [0.05, 0.1) is 0 Å². The van der Waals surface area contributed by atoms with Crippen molar-refractivity contribution < 1.29 is 28.6 Å². The Morgan fingerprint density at radius 3 is 0.753 bits per heavy atom. The molecule has 81 heavy (non-hydrogen) atoms. The number of hydrogen-bond donors (Lipinski definition) is 0. The van der Waals surface area contributed by atoms with Crippen LogP contribution in [0.3, 0.4) is 0 Å². The topological polar surface area (TPSA) is 78.9 Å². The Balaban J connectivity index is 4.27. The van der Waals surface area contributed by atoms with E-state index in [1.165, 1.54) is 186 Å². The highest BCUT2D eigenvalue weighted by molar-refractivity contribution is 5.71. The van der Waals surface area contributed by atoms with Crippen molar-refractivity contribution in [2.75, 3.05) is 13.2 Å². The molecule has 0 aliphatic rings. The van der Waals surface area contributed by atoms with E-state index in [1.807, 2.05) is 0 Å². The number of ether oxygens (including phenoxy) is 3. The first-order valence-corrected chi connectivity index (χ1v) is 34.7. The van der Waals surface area contributed by atoms with Gasteiger partial charge < -0.3 is 14.2 Å². The number of carbonyl (C=O) groups is 3. The third kappa shape index (κ3) is 67.0. The van der Waals surface area contributed by atoms with Crippen LogP contribution in [0.1, 0.15) is 342 Å². The number of allylic oxidation sites excluding steroid dienone is 16. The van der Waals surface area contributed by atoms with Gasteiger partial charge in [-0.05, 0) is 116 Å². The van der Waals surface area contributed by atoms with Crippen LogP contribution in [0.5, 0.6) is 0 Å². The van der Waals surface area contributed by atoms with Gasteiger partial charge in [-0.15, -0.1) is 0 Å². The number of hydrogen-bond acceptors (Lipinski definition) is 6. The summed E-state index contributed by atoms with van der Waals surface area (Å²) in [7, 11) is 0. The van der Waals surface area contributed by atoms with Crippen molar-refractivity contribution in [1.82, 2.24) is 0 Å². The minimum Gasteiger partial charge on any atom is -0.462 e. The lowest BCUT2D eigenvalue weighted by molar-refractivity contribution is -0.167. The molecule has 0 bridgehead atoms. The van der Waals surface area contributed by atoms with Crippen LogP contribution >= 0.6 is 0 Å². The predicted octanol–water partition coefficient (Wildman–Crippen LogP) is 24.0. The Morgan fingerprint density at radius 1 is 0.259 bits per heavy atom. The Bertz CT molecular complexity index is 1580. The van der Waals surface area contributed by atoms with Gasteiger partial charge in [0.15, 0.2) is 6.10 Å². The number of unbranched alkanes of at least 4 members (excludes halogenated alkanes) is 36. The summed E-state index contributed by atoms with van der Waals surface area (Å²) in [5, 5.41) is 0. The van der Waals surface area contributed by atoms with E-state index in [9.17, 15) is 14.4 Å². The SMILES string of the molecule is CC/C=C\C/C=C\C/C=C\CCCCCCCCCC(=O)OCC(COC(=O)CCCCCCCCCCCCCCCCCCC/C=C\C/C=C\CCCCCCC)OC(=O)CCCCCCCCC/C=C\C/C=C\C/C=C\CC. The molecule has 0 N–H and O–H groups in total. The second-order valence-corrected chi connectivity index (χ2v) is 23.0. The number of rotatable bonds is 63. The summed E-state index contributed by atoms with van der Waals surface area (Å²) >= 11 is 0. The van der Waals surface area contributed by atoms with Crippen LogP contribution in [0, 0.1) is 0 Å². The molecule has 0 aromatic carbocycles. The fourth-order valence-corrected chi connectivity index (χ4v) is 9.92. The van der Waals surface area contributed by atoms with E-state index in [-0.39, 0.29) is 31.1 Å². The summed E-state index contributed by atoms with van der Waals surface area (Å²) in [6.45, 7) is 6.43. The van der Waals surface area contributed by atoms with E-state index in [0.717, 1.165) is 116 Å². The highest BCUT2D eigenvalue weighted by Crippen LogP contribution is 2.17. The fourth-order valence-electron chi connectivity index (χ4n) is 9.92. The van der Waals surface area contributed by atoms with Crippen molar-refractivity contribution in [1.29, 1.82) is 0 Å². The fraction of sp³-hybridized carbons (Fsp3) is 0.747. The lowest BCUT2D eigenvalue weighted by Gasteiger charge is -2.18. The molecular weight excluding hydrogens is 997 g/mol. The zero-order valence-corrected chi connectivity index (χ0v) is 53.5. The quantitative estimate of drug-likeness (QED) is 0.0261. The lowest BCUT2D eigenvalue weighted by atomic mass is 10.0. The second kappa shape index (κ2) is 68.8. The first-order chi connectivity index (χ1) is 40.0. The molecule has 0 fully saturated rings. The smallest absolute Gasteiger partial charge is 0.306 e. The molecule has 6 heteroatoms. The second-order valence-electron chi connectivity index (χ2n) is 23.0. The molecule has 1 unspecified atom stereocenters. The molecule has 0 saturated carbocycles. The van der Waals surface area contributed by atoms with Gasteiger partial charge in [0, 0.05) is 19.3 Å². The van der Waals surface area contributed by atoms with Crippen molar-refractivity contribution in [3.63, 3.8) is 0 Å². The molecule has 0 aliphatic carbocycles. The highest BCUT2D eigenvalue weighted by atomic mass is 16.6. The zero-order valence-electron chi connectivity index (χ0n) is 53.5. The summed E-state index contributed by atoms with van der Waals surface area (Å²) in [5.41, 5.74) is 0. The van der Waals surface area contributed by atoms with Gasteiger partial charge in [-0.1, -0.05) is 304 Å². The van der Waals surface area contributed by atoms with Crippen LogP contribution in [0.4, 0.5) is 0 Å². The van der Waals surface area contributed by atoms with Crippen LogP contribution in [0.2, 0.25) is 0 Å². The van der Waals surface area contributed by atoms with Crippen LogP contribution in [-0.4, -0.2) is 37.2 Å². The van der Waals surface area contributed by atoms with Crippen molar-refractivity contribution in [2.24, 2.45) is 0 Å². The van der Waals surface area contributed by atoms with Gasteiger partial charge in [-0.3, -0.25) is 14.4 Å². The van der Waals surface area contributed by atoms with Crippen molar-refractivity contribution in [2.45, 2.75) is 348 Å². The molecule has 0 radical (unpaired) electrons. The average molecular weight is 1130 g/mol. The molecule has 0 amide bonds. The van der Waals surface area contributed by atoms with E-state index in [4.69, 9.17) is 14.2 Å². The average Bonchev–Trinajstić information content (AvgIpc) is 3.47. The summed E-state index contributed by atoms with van der Waals surface area (Å²) < 4.78 is 17.0. The minimum atomic E-state index is -0.789. The molecule has 0 heterocycles. The molecule has 6 nitrogen and oxygen atoms in total. The van der Waals surface area contributed by atoms with Crippen LogP contribution < -0.4 is 0 Å². The van der Waals surface area contributed by atoms with Crippen molar-refractivity contribution >= 4 is 17.9 Å². The molecule has 0 rings (SSSR count). The molecule has 0 aromatic rings. The Kier molecular flexibility index (Phi) is 65.7. The maximum atomic E-state index is 12.9. The number of esters is 3. The summed E-state index contributed by atoms with van der Waals surface area (Å²) in [5.74, 6) is -0.888. The van der Waals surface area contributed by atoms with Crippen molar-refractivity contribution in [3.8, 4) is 0 Å². The normalized spacial score (nSPS) is 12.7. The van der Waals surface area contributed by atoms with Crippen LogP contribution in [-0.2, 0) is 28.6 Å². The molecule has 0 aliphatic heterocycles. The van der Waals surface area contributed by atoms with Gasteiger partial charge in [-0.25, -0.2) is 0 Å². The minimum absolute atomic E-state index is 0.0829. The molecule has 466 valence electrons. The third-order valence-electron chi connectivity index (χ3n) is 15.1. The van der Waals surface area contributed by atoms with Gasteiger partial charge in [-0.2, -0.15) is 0 Å². The Labute approximate surface area is 502 Å². The first kappa shape index (κ1) is 77.3. The van der Waals surface area contributed by atoms with Crippen LogP contribution in [0.15, 0.2) is 97.2 Å². The molecule has 1 atom stereocenters. The molecule has 0 spiro atoms. The zero-order chi connectivity index (χ0) is 58.5. The lowest BCUT2D eigenvalue weighted by Crippen LogP contribution is -2.30.